The molecule has 1 heterocycles. The first-order valence-corrected chi connectivity index (χ1v) is 7.67. The van der Waals surface area contributed by atoms with Gasteiger partial charge in [0, 0.05) is 12.5 Å². The molecule has 0 spiro atoms. The molecule has 1 aliphatic heterocycles. The minimum absolute atomic E-state index is 0.00458. The molecule has 5 heteroatoms. The van der Waals surface area contributed by atoms with Gasteiger partial charge in [-0.15, -0.1) is 0 Å². The molecule has 0 aromatic rings. The average Bonchev–Trinajstić information content (AvgIpc) is 2.90. The number of amides is 1. The van der Waals surface area contributed by atoms with Gasteiger partial charge in [0.05, 0.1) is 19.3 Å². The van der Waals surface area contributed by atoms with Crippen LogP contribution in [-0.4, -0.2) is 47.7 Å². The molecule has 20 heavy (non-hydrogen) atoms. The Morgan fingerprint density at radius 3 is 2.50 bits per heavy atom. The van der Waals surface area contributed by atoms with Crippen LogP contribution in [0.15, 0.2) is 0 Å². The largest absolute Gasteiger partial charge is 0.481 e. The van der Waals surface area contributed by atoms with Gasteiger partial charge in [0.1, 0.15) is 5.92 Å². The molecular formula is C15H27NO4. The maximum atomic E-state index is 12.6. The Balaban J connectivity index is 2.77. The van der Waals surface area contributed by atoms with E-state index in [9.17, 15) is 14.7 Å². The van der Waals surface area contributed by atoms with Crippen molar-refractivity contribution < 1.29 is 19.4 Å². The summed E-state index contributed by atoms with van der Waals surface area (Å²) in [5.41, 5.74) is 0. The van der Waals surface area contributed by atoms with Gasteiger partial charge in [0.25, 0.3) is 0 Å². The van der Waals surface area contributed by atoms with E-state index in [4.69, 9.17) is 4.74 Å². The summed E-state index contributed by atoms with van der Waals surface area (Å²) in [7, 11) is 0. The molecule has 0 bridgehead atoms. The Morgan fingerprint density at radius 1 is 1.30 bits per heavy atom. The zero-order valence-electron chi connectivity index (χ0n) is 12.8. The maximum Gasteiger partial charge on any atom is 0.311 e. The summed E-state index contributed by atoms with van der Waals surface area (Å²) in [4.78, 5) is 25.6. The quantitative estimate of drug-likeness (QED) is 0.742. The molecule has 5 nitrogen and oxygen atoms in total. The van der Waals surface area contributed by atoms with Crippen LogP contribution in [0, 0.1) is 11.8 Å². The highest BCUT2D eigenvalue weighted by atomic mass is 16.5. The standard InChI is InChI=1S/C15H27NO4/c1-4-7-8-11(5-2)14(17)16(6-3)13-10-20-9-12(13)15(18)19/h11-13H,4-10H2,1-3H3,(H,18,19). The Labute approximate surface area is 121 Å². The predicted molar refractivity (Wildman–Crippen MR) is 76.4 cm³/mol. The van der Waals surface area contributed by atoms with Gasteiger partial charge < -0.3 is 14.7 Å². The van der Waals surface area contributed by atoms with Crippen LogP contribution in [0.3, 0.4) is 0 Å². The average molecular weight is 285 g/mol. The van der Waals surface area contributed by atoms with Crippen LogP contribution >= 0.6 is 0 Å². The van der Waals surface area contributed by atoms with Crippen molar-refractivity contribution in [1.82, 2.24) is 4.90 Å². The number of carboxylic acid groups (broad SMARTS) is 1. The van der Waals surface area contributed by atoms with Gasteiger partial charge >= 0.3 is 5.97 Å². The van der Waals surface area contributed by atoms with Gasteiger partial charge in [0.2, 0.25) is 5.91 Å². The van der Waals surface area contributed by atoms with E-state index in [0.29, 0.717) is 13.2 Å². The fourth-order valence-electron chi connectivity index (χ4n) is 2.83. The van der Waals surface area contributed by atoms with Crippen molar-refractivity contribution in [2.24, 2.45) is 11.8 Å². The molecule has 0 saturated carbocycles. The summed E-state index contributed by atoms with van der Waals surface area (Å²) in [6.07, 6.45) is 3.79. The molecule has 0 aliphatic carbocycles. The highest BCUT2D eigenvalue weighted by Crippen LogP contribution is 2.24. The predicted octanol–water partition coefficient (Wildman–Crippen LogP) is 2.15. The molecule has 0 aromatic heterocycles. The summed E-state index contributed by atoms with van der Waals surface area (Å²) in [6, 6.07) is -0.319. The van der Waals surface area contributed by atoms with E-state index in [1.807, 2.05) is 13.8 Å². The van der Waals surface area contributed by atoms with Gasteiger partial charge in [-0.25, -0.2) is 0 Å². The van der Waals surface area contributed by atoms with Crippen LogP contribution in [-0.2, 0) is 14.3 Å². The molecule has 1 fully saturated rings. The van der Waals surface area contributed by atoms with Crippen LogP contribution in [0.25, 0.3) is 0 Å². The second kappa shape index (κ2) is 8.25. The molecule has 1 rings (SSSR count). The van der Waals surface area contributed by atoms with Gasteiger partial charge in [-0.05, 0) is 19.8 Å². The fourth-order valence-corrected chi connectivity index (χ4v) is 2.83. The molecule has 116 valence electrons. The van der Waals surface area contributed by atoms with E-state index in [2.05, 4.69) is 6.92 Å². The van der Waals surface area contributed by atoms with Crippen LogP contribution in [0.1, 0.15) is 46.5 Å². The van der Waals surface area contributed by atoms with E-state index < -0.39 is 11.9 Å². The van der Waals surface area contributed by atoms with E-state index in [1.165, 1.54) is 0 Å². The highest BCUT2D eigenvalue weighted by molar-refractivity contribution is 5.80. The highest BCUT2D eigenvalue weighted by Gasteiger charge is 2.40. The summed E-state index contributed by atoms with van der Waals surface area (Å²) in [5.74, 6) is -1.38. The lowest BCUT2D eigenvalue weighted by Gasteiger charge is -2.32. The lowest BCUT2D eigenvalue weighted by Crippen LogP contribution is -2.48. The van der Waals surface area contributed by atoms with E-state index in [-0.39, 0.29) is 24.5 Å². The zero-order chi connectivity index (χ0) is 15.1. The molecule has 1 saturated heterocycles. The van der Waals surface area contributed by atoms with Crippen molar-refractivity contribution in [3.8, 4) is 0 Å². The first-order chi connectivity index (χ1) is 9.56. The molecule has 1 amide bonds. The van der Waals surface area contributed by atoms with Gasteiger partial charge in [-0.1, -0.05) is 26.7 Å². The van der Waals surface area contributed by atoms with Crippen LogP contribution in [0.5, 0.6) is 0 Å². The van der Waals surface area contributed by atoms with Crippen LogP contribution in [0.4, 0.5) is 0 Å². The van der Waals surface area contributed by atoms with Crippen molar-refractivity contribution in [2.45, 2.75) is 52.5 Å². The number of hydrogen-bond acceptors (Lipinski definition) is 3. The van der Waals surface area contributed by atoms with Gasteiger partial charge in [0.15, 0.2) is 0 Å². The normalized spacial score (nSPS) is 23.6. The topological polar surface area (TPSA) is 66.8 Å². The number of hydrogen-bond donors (Lipinski definition) is 1. The first-order valence-electron chi connectivity index (χ1n) is 7.67. The monoisotopic (exact) mass is 285 g/mol. The molecule has 3 unspecified atom stereocenters. The van der Waals surface area contributed by atoms with E-state index >= 15 is 0 Å². The van der Waals surface area contributed by atoms with Crippen molar-refractivity contribution in [3.63, 3.8) is 0 Å². The van der Waals surface area contributed by atoms with Crippen LogP contribution in [0.2, 0.25) is 0 Å². The smallest absolute Gasteiger partial charge is 0.311 e. The van der Waals surface area contributed by atoms with Crippen molar-refractivity contribution in [2.75, 3.05) is 19.8 Å². The van der Waals surface area contributed by atoms with Gasteiger partial charge in [-0.2, -0.15) is 0 Å². The Hall–Kier alpha value is -1.10. The number of likely N-dealkylation sites (N-methyl/N-ethyl adjacent to an activating group) is 1. The molecule has 1 N–H and O–H groups in total. The number of ether oxygens (including phenoxy) is 1. The van der Waals surface area contributed by atoms with Gasteiger partial charge in [-0.3, -0.25) is 9.59 Å². The molecular weight excluding hydrogens is 258 g/mol. The third-order valence-corrected chi connectivity index (χ3v) is 4.14. The lowest BCUT2D eigenvalue weighted by atomic mass is 9.95. The summed E-state index contributed by atoms with van der Waals surface area (Å²) < 4.78 is 5.28. The van der Waals surface area contributed by atoms with Crippen molar-refractivity contribution >= 4 is 11.9 Å². The van der Waals surface area contributed by atoms with E-state index in [1.54, 1.807) is 4.90 Å². The number of carbonyl (C=O) groups is 2. The minimum atomic E-state index is -0.875. The summed E-state index contributed by atoms with van der Waals surface area (Å²) in [6.45, 7) is 7.11. The zero-order valence-corrected chi connectivity index (χ0v) is 12.8. The Kier molecular flexibility index (Phi) is 6.99. The fraction of sp³-hybridized carbons (Fsp3) is 0.867. The second-order valence-electron chi connectivity index (χ2n) is 5.42. The number of aliphatic carboxylic acids is 1. The Bertz CT molecular complexity index is 332. The molecule has 0 aromatic carbocycles. The minimum Gasteiger partial charge on any atom is -0.481 e. The number of carbonyl (C=O) groups excluding carboxylic acids is 1. The van der Waals surface area contributed by atoms with Crippen molar-refractivity contribution in [1.29, 1.82) is 0 Å². The summed E-state index contributed by atoms with van der Waals surface area (Å²) in [5, 5.41) is 9.23. The number of nitrogens with zero attached hydrogens (tertiary/aromatic N) is 1. The number of rotatable bonds is 8. The Morgan fingerprint density at radius 2 is 2.00 bits per heavy atom. The molecule has 3 atom stereocenters. The molecule has 0 radical (unpaired) electrons. The third kappa shape index (κ3) is 3.95. The third-order valence-electron chi connectivity index (χ3n) is 4.14. The van der Waals surface area contributed by atoms with Crippen LogP contribution < -0.4 is 0 Å². The number of unbranched alkanes of at least 4 members (excludes halogenated alkanes) is 1. The lowest BCUT2D eigenvalue weighted by molar-refractivity contribution is -0.146. The van der Waals surface area contributed by atoms with E-state index in [0.717, 1.165) is 25.7 Å². The first kappa shape index (κ1) is 17.0. The SMILES string of the molecule is CCCCC(CC)C(=O)N(CC)C1COCC1C(=O)O. The second-order valence-corrected chi connectivity index (χ2v) is 5.42. The maximum absolute atomic E-state index is 12.6. The van der Waals surface area contributed by atoms with Crippen molar-refractivity contribution in [3.05, 3.63) is 0 Å². The molecule has 1 aliphatic rings. The number of carboxylic acids is 1. The summed E-state index contributed by atoms with van der Waals surface area (Å²) >= 11 is 0.